The highest BCUT2D eigenvalue weighted by atomic mass is 28.3. The molecule has 1 heterocycles. The highest BCUT2D eigenvalue weighted by Crippen LogP contribution is 2.40. The summed E-state index contributed by atoms with van der Waals surface area (Å²) in [4.78, 5) is 0. The Bertz CT molecular complexity index is 86.9. The largest absolute Gasteiger partial charge is 0.0657 e. The highest BCUT2D eigenvalue weighted by molar-refractivity contribution is 6.82. The van der Waals surface area contributed by atoms with Crippen LogP contribution in [0.3, 0.4) is 0 Å². The molecule has 0 bridgehead atoms. The number of hydrogen-bond acceptors (Lipinski definition) is 0. The van der Waals surface area contributed by atoms with Crippen molar-refractivity contribution in [1.29, 1.82) is 0 Å². The van der Waals surface area contributed by atoms with Crippen LogP contribution in [0.2, 0.25) is 24.2 Å². The van der Waals surface area contributed by atoms with Gasteiger partial charge in [0, 0.05) is 0 Å². The topological polar surface area (TPSA) is 0 Å². The van der Waals surface area contributed by atoms with Gasteiger partial charge in [-0.05, 0) is 0 Å². The summed E-state index contributed by atoms with van der Waals surface area (Å²) in [6.07, 6.45) is 4.46. The van der Waals surface area contributed by atoms with E-state index >= 15 is 0 Å². The molecular weight excluding hydrogens is 136 g/mol. The quantitative estimate of drug-likeness (QED) is 0.545. The van der Waals surface area contributed by atoms with E-state index in [1.54, 1.807) is 30.6 Å². The second-order valence-corrected chi connectivity index (χ2v) is 8.85. The van der Waals surface area contributed by atoms with E-state index in [-0.39, 0.29) is 0 Å². The summed E-state index contributed by atoms with van der Waals surface area (Å²) in [5.74, 6) is 0. The van der Waals surface area contributed by atoms with Gasteiger partial charge in [-0.2, -0.15) is 0 Å². The van der Waals surface area contributed by atoms with Gasteiger partial charge in [-0.3, -0.25) is 0 Å². The van der Waals surface area contributed by atoms with E-state index in [0.29, 0.717) is 0 Å². The zero-order valence-corrected chi connectivity index (χ0v) is 8.45. The molecule has 1 aliphatic heterocycles. The summed E-state index contributed by atoms with van der Waals surface area (Å²) in [6.45, 7) is 4.70. The SMILES string of the molecule is CCC[Si]1(CCC)CCC1. The maximum Gasteiger partial charge on any atom is 0.0535 e. The second-order valence-electron chi connectivity index (χ2n) is 3.85. The van der Waals surface area contributed by atoms with Crippen LogP contribution in [-0.2, 0) is 0 Å². The van der Waals surface area contributed by atoms with Crippen molar-refractivity contribution in [2.45, 2.75) is 57.3 Å². The fraction of sp³-hybridized carbons (Fsp3) is 1.00. The van der Waals surface area contributed by atoms with E-state index in [9.17, 15) is 0 Å². The highest BCUT2D eigenvalue weighted by Gasteiger charge is 2.36. The molecule has 1 rings (SSSR count). The van der Waals surface area contributed by atoms with Crippen LogP contribution in [0.4, 0.5) is 0 Å². The Balaban J connectivity index is 2.27. The Kier molecular flexibility index (Phi) is 2.96. The fourth-order valence-electron chi connectivity index (χ4n) is 2.36. The van der Waals surface area contributed by atoms with Crippen LogP contribution in [0.25, 0.3) is 0 Å². The van der Waals surface area contributed by atoms with Crippen molar-refractivity contribution >= 4 is 8.07 Å². The summed E-state index contributed by atoms with van der Waals surface area (Å²) < 4.78 is 0. The molecule has 0 nitrogen and oxygen atoms in total. The Labute approximate surface area is 66.0 Å². The third-order valence-electron chi connectivity index (χ3n) is 2.97. The molecule has 0 aromatic heterocycles. The number of rotatable bonds is 4. The average Bonchev–Trinajstić information content (AvgIpc) is 1.84. The Morgan fingerprint density at radius 2 is 1.50 bits per heavy atom. The molecule has 0 aromatic rings. The molecule has 0 radical (unpaired) electrons. The molecule has 10 heavy (non-hydrogen) atoms. The van der Waals surface area contributed by atoms with E-state index in [0.717, 1.165) is 0 Å². The third kappa shape index (κ3) is 1.63. The van der Waals surface area contributed by atoms with Crippen LogP contribution in [-0.4, -0.2) is 8.07 Å². The van der Waals surface area contributed by atoms with Crippen LogP contribution >= 0.6 is 0 Å². The minimum absolute atomic E-state index is 0.543. The van der Waals surface area contributed by atoms with Gasteiger partial charge >= 0.3 is 0 Å². The molecule has 0 amide bonds. The molecule has 0 aromatic carbocycles. The van der Waals surface area contributed by atoms with Crippen LogP contribution in [0.15, 0.2) is 0 Å². The van der Waals surface area contributed by atoms with Gasteiger partial charge in [0.25, 0.3) is 0 Å². The van der Waals surface area contributed by atoms with Gasteiger partial charge in [0.1, 0.15) is 0 Å². The lowest BCUT2D eigenvalue weighted by molar-refractivity contribution is 0.815. The first-order valence-electron chi connectivity index (χ1n) is 4.83. The zero-order chi connectivity index (χ0) is 7.45. The maximum absolute atomic E-state index is 2.35. The monoisotopic (exact) mass is 156 g/mol. The molecule has 0 atom stereocenters. The smallest absolute Gasteiger partial charge is 0.0535 e. The first kappa shape index (κ1) is 8.31. The first-order chi connectivity index (χ1) is 4.83. The second kappa shape index (κ2) is 3.56. The normalized spacial score (nSPS) is 22.2. The van der Waals surface area contributed by atoms with Crippen molar-refractivity contribution in [3.05, 3.63) is 0 Å². The molecule has 0 unspecified atom stereocenters. The third-order valence-corrected chi connectivity index (χ3v) is 8.92. The lowest BCUT2D eigenvalue weighted by atomic mass is 10.5. The Morgan fingerprint density at radius 3 is 1.70 bits per heavy atom. The van der Waals surface area contributed by atoms with Gasteiger partial charge in [-0.1, -0.05) is 57.3 Å². The van der Waals surface area contributed by atoms with Crippen molar-refractivity contribution in [3.8, 4) is 0 Å². The predicted molar refractivity (Wildman–Crippen MR) is 50.2 cm³/mol. The molecule has 1 fully saturated rings. The van der Waals surface area contributed by atoms with Gasteiger partial charge in [0.2, 0.25) is 0 Å². The Hall–Kier alpha value is 0.217. The standard InChI is InChI=1S/C9H20Si/c1-3-6-10(7-4-2)8-5-9-10/h3-9H2,1-2H3. The predicted octanol–water partition coefficient (Wildman–Crippen LogP) is 3.66. The van der Waals surface area contributed by atoms with Gasteiger partial charge in [0.05, 0.1) is 8.07 Å². The van der Waals surface area contributed by atoms with Crippen molar-refractivity contribution in [2.24, 2.45) is 0 Å². The molecule has 0 spiro atoms. The molecule has 0 saturated carbocycles. The van der Waals surface area contributed by atoms with E-state index in [4.69, 9.17) is 0 Å². The van der Waals surface area contributed by atoms with Crippen molar-refractivity contribution in [3.63, 3.8) is 0 Å². The summed E-state index contributed by atoms with van der Waals surface area (Å²) >= 11 is 0. The summed E-state index contributed by atoms with van der Waals surface area (Å²) in [5.41, 5.74) is 0. The first-order valence-corrected chi connectivity index (χ1v) is 7.66. The van der Waals surface area contributed by atoms with Crippen molar-refractivity contribution in [2.75, 3.05) is 0 Å². The molecular formula is C9H20Si. The Morgan fingerprint density at radius 1 is 1.00 bits per heavy atom. The molecule has 1 saturated heterocycles. The van der Waals surface area contributed by atoms with E-state index in [1.165, 1.54) is 12.8 Å². The van der Waals surface area contributed by atoms with Crippen molar-refractivity contribution in [1.82, 2.24) is 0 Å². The lowest BCUT2D eigenvalue weighted by Gasteiger charge is -2.39. The summed E-state index contributed by atoms with van der Waals surface area (Å²) in [6, 6.07) is 6.57. The van der Waals surface area contributed by atoms with Crippen LogP contribution in [0.1, 0.15) is 33.1 Å². The van der Waals surface area contributed by atoms with E-state index in [1.807, 2.05) is 0 Å². The molecule has 0 N–H and O–H groups in total. The summed E-state index contributed by atoms with van der Waals surface area (Å²) in [5, 5.41) is 0. The van der Waals surface area contributed by atoms with Crippen LogP contribution in [0.5, 0.6) is 0 Å². The zero-order valence-electron chi connectivity index (χ0n) is 7.45. The van der Waals surface area contributed by atoms with Gasteiger partial charge in [-0.25, -0.2) is 0 Å². The van der Waals surface area contributed by atoms with E-state index < -0.39 is 8.07 Å². The van der Waals surface area contributed by atoms with Crippen LogP contribution in [0, 0.1) is 0 Å². The van der Waals surface area contributed by atoms with Crippen molar-refractivity contribution < 1.29 is 0 Å². The van der Waals surface area contributed by atoms with Gasteiger partial charge in [-0.15, -0.1) is 0 Å². The number of hydrogen-bond donors (Lipinski definition) is 0. The fourth-order valence-corrected chi connectivity index (χ4v) is 7.09. The maximum atomic E-state index is 2.35. The minimum Gasteiger partial charge on any atom is -0.0657 e. The molecule has 0 aliphatic carbocycles. The van der Waals surface area contributed by atoms with E-state index in [2.05, 4.69) is 13.8 Å². The summed E-state index contributed by atoms with van der Waals surface area (Å²) in [7, 11) is -0.543. The van der Waals surface area contributed by atoms with Gasteiger partial charge in [0.15, 0.2) is 0 Å². The minimum atomic E-state index is -0.543. The van der Waals surface area contributed by atoms with Gasteiger partial charge < -0.3 is 0 Å². The molecule has 60 valence electrons. The lowest BCUT2D eigenvalue weighted by Crippen LogP contribution is -2.40. The van der Waals surface area contributed by atoms with Crippen LogP contribution < -0.4 is 0 Å². The average molecular weight is 156 g/mol. The molecule has 1 aliphatic rings. The molecule has 1 heteroatoms.